The summed E-state index contributed by atoms with van der Waals surface area (Å²) in [5, 5.41) is 5.73. The molecule has 0 aliphatic carbocycles. The minimum absolute atomic E-state index is 0.104. The minimum atomic E-state index is -2.80. The molecule has 0 bridgehead atoms. The molecule has 1 rings (SSSR count). The highest BCUT2D eigenvalue weighted by atomic mass is 19.3. The third-order valence-corrected chi connectivity index (χ3v) is 1.27. The first-order valence-corrected chi connectivity index (χ1v) is 2.90. The third-order valence-electron chi connectivity index (χ3n) is 1.27. The second-order valence-corrected chi connectivity index (χ2v) is 2.32. The summed E-state index contributed by atoms with van der Waals surface area (Å²) in [6, 6.07) is 0. The number of hydrogen-bond acceptors (Lipinski definition) is 1. The first kappa shape index (κ1) is 7.18. The minimum Gasteiger partial charge on any atom is -0.276 e. The van der Waals surface area contributed by atoms with E-state index in [1.165, 1.54) is 6.20 Å². The fourth-order valence-corrected chi connectivity index (χ4v) is 0.791. The van der Waals surface area contributed by atoms with E-state index in [1.54, 1.807) is 6.92 Å². The number of aromatic amines is 1. The average Bonchev–Trinajstić information content (AvgIpc) is 2.11. The maximum atomic E-state index is 12.5. The zero-order valence-corrected chi connectivity index (χ0v) is 5.78. The van der Waals surface area contributed by atoms with E-state index in [0.29, 0.717) is 5.56 Å². The van der Waals surface area contributed by atoms with Crippen molar-refractivity contribution in [3.05, 3.63) is 17.5 Å². The number of alkyl halides is 2. The lowest BCUT2D eigenvalue weighted by atomic mass is 10.2. The van der Waals surface area contributed by atoms with E-state index in [-0.39, 0.29) is 5.69 Å². The Bertz CT molecular complexity index is 224. The van der Waals surface area contributed by atoms with Gasteiger partial charge in [0.2, 0.25) is 0 Å². The maximum Gasteiger partial charge on any atom is 0.286 e. The van der Waals surface area contributed by atoms with Crippen LogP contribution in [-0.4, -0.2) is 10.2 Å². The summed E-state index contributed by atoms with van der Waals surface area (Å²) >= 11 is 0. The second kappa shape index (κ2) is 2.04. The largest absolute Gasteiger partial charge is 0.286 e. The van der Waals surface area contributed by atoms with Crippen molar-refractivity contribution in [1.82, 2.24) is 10.2 Å². The number of hydrogen-bond donors (Lipinski definition) is 1. The predicted molar refractivity (Wildman–Crippen MR) is 32.9 cm³/mol. The van der Waals surface area contributed by atoms with Gasteiger partial charge < -0.3 is 0 Å². The topological polar surface area (TPSA) is 28.7 Å². The highest BCUT2D eigenvalue weighted by molar-refractivity contribution is 5.17. The number of rotatable bonds is 1. The van der Waals surface area contributed by atoms with Crippen molar-refractivity contribution >= 4 is 0 Å². The number of halogens is 2. The van der Waals surface area contributed by atoms with E-state index in [2.05, 4.69) is 10.2 Å². The molecular weight excluding hydrogens is 138 g/mol. The van der Waals surface area contributed by atoms with Gasteiger partial charge in [0.25, 0.3) is 5.92 Å². The molecule has 1 heterocycles. The first-order chi connectivity index (χ1) is 4.52. The van der Waals surface area contributed by atoms with Crippen molar-refractivity contribution in [2.75, 3.05) is 0 Å². The highest BCUT2D eigenvalue weighted by Crippen LogP contribution is 2.26. The van der Waals surface area contributed by atoms with Crippen LogP contribution in [0.25, 0.3) is 0 Å². The van der Waals surface area contributed by atoms with E-state index >= 15 is 0 Å². The predicted octanol–water partition coefficient (Wildman–Crippen LogP) is 1.83. The molecule has 1 N–H and O–H groups in total. The lowest BCUT2D eigenvalue weighted by Gasteiger charge is -2.07. The maximum absolute atomic E-state index is 12.5. The van der Waals surface area contributed by atoms with Gasteiger partial charge >= 0.3 is 0 Å². The monoisotopic (exact) mass is 146 g/mol. The SMILES string of the molecule is Cc1cn[nH]c1C(C)(F)F. The Hall–Kier alpha value is -0.930. The molecule has 0 saturated carbocycles. The van der Waals surface area contributed by atoms with Crippen LogP contribution < -0.4 is 0 Å². The van der Waals surface area contributed by atoms with Gasteiger partial charge in [-0.1, -0.05) is 0 Å². The molecule has 4 heteroatoms. The molecule has 0 aliphatic rings. The highest BCUT2D eigenvalue weighted by Gasteiger charge is 2.27. The van der Waals surface area contributed by atoms with E-state index in [0.717, 1.165) is 6.92 Å². The smallest absolute Gasteiger partial charge is 0.276 e. The van der Waals surface area contributed by atoms with Crippen LogP contribution in [0.4, 0.5) is 8.78 Å². The normalized spacial score (nSPS) is 12.0. The van der Waals surface area contributed by atoms with Crippen LogP contribution >= 0.6 is 0 Å². The summed E-state index contributed by atoms with van der Waals surface area (Å²) in [6.07, 6.45) is 1.38. The number of nitrogens with zero attached hydrogens (tertiary/aromatic N) is 1. The van der Waals surface area contributed by atoms with Crippen molar-refractivity contribution < 1.29 is 8.78 Å². The molecule has 1 aromatic heterocycles. The molecule has 0 aliphatic heterocycles. The van der Waals surface area contributed by atoms with Gasteiger partial charge in [0.1, 0.15) is 5.69 Å². The Morgan fingerprint density at radius 3 is 2.40 bits per heavy atom. The van der Waals surface area contributed by atoms with E-state index in [9.17, 15) is 8.78 Å². The molecule has 0 unspecified atom stereocenters. The van der Waals surface area contributed by atoms with Crippen LogP contribution in [0.15, 0.2) is 6.20 Å². The number of H-pyrrole nitrogens is 1. The van der Waals surface area contributed by atoms with Crippen LogP contribution in [0.3, 0.4) is 0 Å². The fraction of sp³-hybridized carbons (Fsp3) is 0.500. The number of aromatic nitrogens is 2. The van der Waals surface area contributed by atoms with E-state index in [4.69, 9.17) is 0 Å². The zero-order valence-electron chi connectivity index (χ0n) is 5.78. The molecular formula is C6H8F2N2. The lowest BCUT2D eigenvalue weighted by molar-refractivity contribution is 0.0121. The quantitative estimate of drug-likeness (QED) is 0.643. The van der Waals surface area contributed by atoms with Crippen LogP contribution in [0.5, 0.6) is 0 Å². The molecule has 56 valence electrons. The Balaban J connectivity index is 3.05. The molecule has 0 atom stereocenters. The van der Waals surface area contributed by atoms with Gasteiger partial charge in [0, 0.05) is 6.92 Å². The van der Waals surface area contributed by atoms with Gasteiger partial charge in [-0.3, -0.25) is 5.10 Å². The van der Waals surface area contributed by atoms with Gasteiger partial charge in [0.15, 0.2) is 0 Å². The van der Waals surface area contributed by atoms with Crippen LogP contribution in [0.1, 0.15) is 18.2 Å². The van der Waals surface area contributed by atoms with Crippen molar-refractivity contribution in [3.8, 4) is 0 Å². The Morgan fingerprint density at radius 2 is 2.20 bits per heavy atom. The summed E-state index contributed by atoms with van der Waals surface area (Å²) in [4.78, 5) is 0. The van der Waals surface area contributed by atoms with Crippen molar-refractivity contribution in [2.45, 2.75) is 19.8 Å². The van der Waals surface area contributed by atoms with Crippen molar-refractivity contribution in [3.63, 3.8) is 0 Å². The molecule has 1 aromatic rings. The van der Waals surface area contributed by atoms with E-state index < -0.39 is 5.92 Å². The molecule has 0 spiro atoms. The molecule has 0 radical (unpaired) electrons. The Kier molecular flexibility index (Phi) is 1.46. The second-order valence-electron chi connectivity index (χ2n) is 2.32. The molecule has 0 amide bonds. The Labute approximate surface area is 57.3 Å². The van der Waals surface area contributed by atoms with Crippen molar-refractivity contribution in [2.24, 2.45) is 0 Å². The first-order valence-electron chi connectivity index (χ1n) is 2.90. The van der Waals surface area contributed by atoms with Crippen LogP contribution in [0, 0.1) is 6.92 Å². The molecule has 2 nitrogen and oxygen atoms in total. The molecule has 0 saturated heterocycles. The zero-order chi connectivity index (χ0) is 7.78. The summed E-state index contributed by atoms with van der Waals surface area (Å²) in [7, 11) is 0. The summed E-state index contributed by atoms with van der Waals surface area (Å²) in [5.41, 5.74) is 0.389. The average molecular weight is 146 g/mol. The molecule has 0 aromatic carbocycles. The van der Waals surface area contributed by atoms with E-state index in [1.807, 2.05) is 0 Å². The van der Waals surface area contributed by atoms with Crippen molar-refractivity contribution in [1.29, 1.82) is 0 Å². The Morgan fingerprint density at radius 1 is 1.60 bits per heavy atom. The van der Waals surface area contributed by atoms with Gasteiger partial charge in [-0.25, -0.2) is 0 Å². The van der Waals surface area contributed by atoms with Crippen LogP contribution in [0.2, 0.25) is 0 Å². The number of aryl methyl sites for hydroxylation is 1. The standard InChI is InChI=1S/C6H8F2N2/c1-4-3-9-10-5(4)6(2,7)8/h3H,1-2H3,(H,9,10). The third kappa shape index (κ3) is 1.15. The lowest BCUT2D eigenvalue weighted by Crippen LogP contribution is -2.09. The van der Waals surface area contributed by atoms with Gasteiger partial charge in [-0.05, 0) is 12.5 Å². The molecule has 10 heavy (non-hydrogen) atoms. The summed E-state index contributed by atoms with van der Waals surface area (Å²) in [5.74, 6) is -2.80. The van der Waals surface area contributed by atoms with Gasteiger partial charge in [-0.15, -0.1) is 0 Å². The summed E-state index contributed by atoms with van der Waals surface area (Å²) < 4.78 is 25.0. The molecule has 0 fully saturated rings. The number of nitrogens with one attached hydrogen (secondary N) is 1. The van der Waals surface area contributed by atoms with Gasteiger partial charge in [-0.2, -0.15) is 13.9 Å². The fourth-order valence-electron chi connectivity index (χ4n) is 0.791. The summed E-state index contributed by atoms with van der Waals surface area (Å²) in [6.45, 7) is 2.43. The van der Waals surface area contributed by atoms with Gasteiger partial charge in [0.05, 0.1) is 6.20 Å². The van der Waals surface area contributed by atoms with Crippen LogP contribution in [-0.2, 0) is 5.92 Å².